The predicted octanol–water partition coefficient (Wildman–Crippen LogP) is 2.82. The summed E-state index contributed by atoms with van der Waals surface area (Å²) < 4.78 is 26.8. The third-order valence-electron chi connectivity index (χ3n) is 2.85. The molecule has 0 spiro atoms. The van der Waals surface area contributed by atoms with Crippen molar-refractivity contribution >= 4 is 37.3 Å². The van der Waals surface area contributed by atoms with E-state index in [0.717, 1.165) is 5.56 Å². The molecule has 1 N–H and O–H groups in total. The Labute approximate surface area is 130 Å². The highest BCUT2D eigenvalue weighted by Gasteiger charge is 2.23. The maximum atomic E-state index is 12.5. The minimum atomic E-state index is -3.56. The maximum absolute atomic E-state index is 12.5. The van der Waals surface area contributed by atoms with Gasteiger partial charge in [-0.05, 0) is 56.0 Å². The van der Waals surface area contributed by atoms with Gasteiger partial charge in [-0.25, -0.2) is 8.42 Å². The van der Waals surface area contributed by atoms with E-state index in [2.05, 4.69) is 15.9 Å². The molecule has 20 heavy (non-hydrogen) atoms. The average Bonchev–Trinajstić information content (AvgIpc) is 2.91. The minimum absolute atomic E-state index is 0.121. The fraction of sp³-hybridized carbons (Fsp3) is 0.231. The number of sulfonamides is 1. The second-order valence-electron chi connectivity index (χ2n) is 4.32. The molecule has 0 unspecified atom stereocenters. The van der Waals surface area contributed by atoms with Crippen LogP contribution in [0.5, 0.6) is 0 Å². The van der Waals surface area contributed by atoms with Crippen LogP contribution in [0, 0.1) is 0 Å². The molecule has 0 fully saturated rings. The normalized spacial score (nSPS) is 12.0. The summed E-state index contributed by atoms with van der Waals surface area (Å²) in [5.41, 5.74) is 1.63. The highest BCUT2D eigenvalue weighted by molar-refractivity contribution is 9.10. The summed E-state index contributed by atoms with van der Waals surface area (Å²) in [7, 11) is -2.01. The van der Waals surface area contributed by atoms with Gasteiger partial charge in [-0.3, -0.25) is 0 Å². The van der Waals surface area contributed by atoms with Crippen LogP contribution in [-0.2, 0) is 23.2 Å². The lowest BCUT2D eigenvalue weighted by molar-refractivity contribution is 0.281. The van der Waals surface area contributed by atoms with Crippen molar-refractivity contribution in [3.05, 3.63) is 50.6 Å². The molecule has 0 aliphatic carbocycles. The first-order valence-electron chi connectivity index (χ1n) is 5.82. The summed E-state index contributed by atoms with van der Waals surface area (Å²) in [4.78, 5) is 0.201. The number of hydrogen-bond donors (Lipinski definition) is 1. The third-order valence-corrected chi connectivity index (χ3v) is 6.36. The van der Waals surface area contributed by atoms with E-state index >= 15 is 0 Å². The van der Waals surface area contributed by atoms with Crippen molar-refractivity contribution in [3.63, 3.8) is 0 Å². The van der Waals surface area contributed by atoms with E-state index in [4.69, 9.17) is 5.11 Å². The van der Waals surface area contributed by atoms with Gasteiger partial charge in [-0.15, -0.1) is 0 Å². The average molecular weight is 376 g/mol. The Morgan fingerprint density at radius 2 is 2.05 bits per heavy atom. The molecule has 0 bridgehead atoms. The minimum Gasteiger partial charge on any atom is -0.392 e. The summed E-state index contributed by atoms with van der Waals surface area (Å²) in [6.07, 6.45) is 0. The summed E-state index contributed by atoms with van der Waals surface area (Å²) in [5, 5.41) is 12.9. The molecule has 7 heteroatoms. The van der Waals surface area contributed by atoms with Gasteiger partial charge < -0.3 is 5.11 Å². The van der Waals surface area contributed by atoms with Gasteiger partial charge in [0.2, 0.25) is 10.0 Å². The molecule has 2 rings (SSSR count). The summed E-state index contributed by atoms with van der Waals surface area (Å²) >= 11 is 4.79. The second-order valence-corrected chi connectivity index (χ2v) is 7.96. The van der Waals surface area contributed by atoms with E-state index in [9.17, 15) is 8.42 Å². The summed E-state index contributed by atoms with van der Waals surface area (Å²) in [6, 6.07) is 6.64. The smallest absolute Gasteiger partial charge is 0.244 e. The van der Waals surface area contributed by atoms with Crippen molar-refractivity contribution in [2.24, 2.45) is 0 Å². The Hall–Kier alpha value is -0.730. The number of benzene rings is 1. The van der Waals surface area contributed by atoms with Crippen LogP contribution in [0.1, 0.15) is 11.1 Å². The Morgan fingerprint density at radius 1 is 1.30 bits per heavy atom. The topological polar surface area (TPSA) is 57.6 Å². The van der Waals surface area contributed by atoms with Crippen molar-refractivity contribution < 1.29 is 13.5 Å². The first kappa shape index (κ1) is 15.7. The van der Waals surface area contributed by atoms with Crippen LogP contribution in [0.25, 0.3) is 0 Å². The Bertz CT molecular complexity index is 684. The molecule has 2 aromatic rings. The first-order chi connectivity index (χ1) is 9.45. The van der Waals surface area contributed by atoms with Crippen LogP contribution < -0.4 is 0 Å². The van der Waals surface area contributed by atoms with Gasteiger partial charge in [0.1, 0.15) is 0 Å². The molecule has 0 amide bonds. The van der Waals surface area contributed by atoms with Crippen molar-refractivity contribution in [3.8, 4) is 0 Å². The van der Waals surface area contributed by atoms with Gasteiger partial charge in [-0.1, -0.05) is 6.07 Å². The van der Waals surface area contributed by atoms with Crippen molar-refractivity contribution in [2.45, 2.75) is 18.0 Å². The van der Waals surface area contributed by atoms with Crippen LogP contribution in [0.3, 0.4) is 0 Å². The molecule has 0 aliphatic rings. The predicted molar refractivity (Wildman–Crippen MR) is 83.0 cm³/mol. The number of aliphatic hydroxyl groups excluding tert-OH is 1. The number of rotatable bonds is 5. The van der Waals surface area contributed by atoms with Gasteiger partial charge in [0.05, 0.1) is 11.5 Å². The van der Waals surface area contributed by atoms with Crippen LogP contribution in [-0.4, -0.2) is 24.9 Å². The van der Waals surface area contributed by atoms with E-state index in [-0.39, 0.29) is 11.5 Å². The van der Waals surface area contributed by atoms with Crippen LogP contribution >= 0.6 is 27.3 Å². The number of halogens is 1. The van der Waals surface area contributed by atoms with Crippen LogP contribution in [0.4, 0.5) is 0 Å². The lowest BCUT2D eigenvalue weighted by Crippen LogP contribution is -2.26. The van der Waals surface area contributed by atoms with Gasteiger partial charge in [0.25, 0.3) is 0 Å². The maximum Gasteiger partial charge on any atom is 0.244 e. The molecule has 1 heterocycles. The molecule has 0 saturated heterocycles. The van der Waals surface area contributed by atoms with Gasteiger partial charge >= 0.3 is 0 Å². The molecule has 0 saturated carbocycles. The van der Waals surface area contributed by atoms with E-state index in [1.54, 1.807) is 19.2 Å². The van der Waals surface area contributed by atoms with E-state index in [0.29, 0.717) is 16.6 Å². The molecule has 108 valence electrons. The number of nitrogens with zero attached hydrogens (tertiary/aromatic N) is 1. The van der Waals surface area contributed by atoms with Crippen molar-refractivity contribution in [1.29, 1.82) is 0 Å². The molecule has 0 atom stereocenters. The highest BCUT2D eigenvalue weighted by Crippen LogP contribution is 2.26. The zero-order valence-electron chi connectivity index (χ0n) is 10.8. The lowest BCUT2D eigenvalue weighted by atomic mass is 10.2. The van der Waals surface area contributed by atoms with Crippen molar-refractivity contribution in [1.82, 2.24) is 4.31 Å². The number of thiophene rings is 1. The zero-order chi connectivity index (χ0) is 14.8. The fourth-order valence-electron chi connectivity index (χ4n) is 1.74. The molecule has 1 aromatic carbocycles. The van der Waals surface area contributed by atoms with E-state index < -0.39 is 10.0 Å². The molecule has 0 radical (unpaired) electrons. The lowest BCUT2D eigenvalue weighted by Gasteiger charge is -2.17. The van der Waals surface area contributed by atoms with Crippen LogP contribution in [0.2, 0.25) is 0 Å². The van der Waals surface area contributed by atoms with Gasteiger partial charge in [0, 0.05) is 18.1 Å². The quantitative estimate of drug-likeness (QED) is 0.873. The summed E-state index contributed by atoms with van der Waals surface area (Å²) in [6.45, 7) is 0.212. The van der Waals surface area contributed by atoms with Crippen molar-refractivity contribution in [2.75, 3.05) is 7.05 Å². The number of hydrogen-bond acceptors (Lipinski definition) is 4. The largest absolute Gasteiger partial charge is 0.392 e. The molecule has 0 aliphatic heterocycles. The number of aliphatic hydroxyl groups is 1. The molecule has 4 nitrogen and oxygen atoms in total. The first-order valence-corrected chi connectivity index (χ1v) is 8.99. The second kappa shape index (κ2) is 6.36. The SMILES string of the molecule is CN(Cc1ccsc1)S(=O)(=O)c1ccc(CO)cc1Br. The van der Waals surface area contributed by atoms with E-state index in [1.807, 2.05) is 16.8 Å². The summed E-state index contributed by atoms with van der Waals surface area (Å²) in [5.74, 6) is 0. The highest BCUT2D eigenvalue weighted by atomic mass is 79.9. The Kier molecular flexibility index (Phi) is 4.98. The standard InChI is InChI=1S/C13H14BrNO3S2/c1-15(7-11-4-5-19-9-11)20(17,18)13-3-2-10(8-16)6-12(13)14/h2-6,9,16H,7-8H2,1H3. The zero-order valence-corrected chi connectivity index (χ0v) is 14.0. The molecular formula is C13H14BrNO3S2. The van der Waals surface area contributed by atoms with Crippen LogP contribution in [0.15, 0.2) is 44.4 Å². The fourth-order valence-corrected chi connectivity index (χ4v) is 4.64. The monoisotopic (exact) mass is 375 g/mol. The van der Waals surface area contributed by atoms with Gasteiger partial charge in [-0.2, -0.15) is 15.6 Å². The Balaban J connectivity index is 2.30. The molecular weight excluding hydrogens is 362 g/mol. The van der Waals surface area contributed by atoms with Gasteiger partial charge in [0.15, 0.2) is 0 Å². The Morgan fingerprint density at radius 3 is 2.60 bits per heavy atom. The van der Waals surface area contributed by atoms with E-state index in [1.165, 1.54) is 21.7 Å². The third kappa shape index (κ3) is 3.29. The molecule has 1 aromatic heterocycles.